The van der Waals surface area contributed by atoms with Crippen molar-refractivity contribution in [2.75, 3.05) is 6.61 Å². The van der Waals surface area contributed by atoms with E-state index in [1.165, 1.54) is 0 Å². The molecule has 6 heteroatoms. The van der Waals surface area contributed by atoms with Crippen molar-refractivity contribution >= 4 is 33.4 Å². The Hall–Kier alpha value is -1.95. The standard InChI is InChI=1S/C21H30N2O3S/c1-6-20(4,5)23-17(24)14-26-19(25)21(7-2,8-3)13-18-22-15-11-9-10-12-16(15)27-18/h9-12H,6-8,13-14H2,1-5H3,(H,23,24). The molecule has 0 bridgehead atoms. The molecule has 2 rings (SSSR count). The van der Waals surface area contributed by atoms with Crippen molar-refractivity contribution in [2.24, 2.45) is 5.41 Å². The van der Waals surface area contributed by atoms with Crippen molar-refractivity contribution in [3.8, 4) is 0 Å². The molecule has 0 unspecified atom stereocenters. The summed E-state index contributed by atoms with van der Waals surface area (Å²) in [5.41, 5.74) is -0.0148. The summed E-state index contributed by atoms with van der Waals surface area (Å²) in [6, 6.07) is 7.96. The smallest absolute Gasteiger partial charge is 0.312 e. The van der Waals surface area contributed by atoms with Gasteiger partial charge in [-0.15, -0.1) is 11.3 Å². The number of nitrogens with zero attached hydrogens (tertiary/aromatic N) is 1. The zero-order valence-corrected chi connectivity index (χ0v) is 17.7. The van der Waals surface area contributed by atoms with Gasteiger partial charge in [0.1, 0.15) is 0 Å². The molecule has 0 aliphatic rings. The highest BCUT2D eigenvalue weighted by molar-refractivity contribution is 7.18. The van der Waals surface area contributed by atoms with Crippen LogP contribution < -0.4 is 5.32 Å². The number of thiazole rings is 1. The molecule has 27 heavy (non-hydrogen) atoms. The lowest BCUT2D eigenvalue weighted by Crippen LogP contribution is -2.45. The highest BCUT2D eigenvalue weighted by Crippen LogP contribution is 2.35. The van der Waals surface area contributed by atoms with Crippen LogP contribution in [0, 0.1) is 5.41 Å². The van der Waals surface area contributed by atoms with Crippen LogP contribution in [0.2, 0.25) is 0 Å². The van der Waals surface area contributed by atoms with Gasteiger partial charge in [-0.1, -0.05) is 32.9 Å². The van der Waals surface area contributed by atoms with Gasteiger partial charge in [0.05, 0.1) is 20.6 Å². The number of fused-ring (bicyclic) bond motifs is 1. The molecule has 0 aliphatic carbocycles. The summed E-state index contributed by atoms with van der Waals surface area (Å²) in [6.07, 6.45) is 2.61. The Morgan fingerprint density at radius 2 is 1.78 bits per heavy atom. The molecule has 1 aromatic heterocycles. The molecule has 0 radical (unpaired) electrons. The minimum atomic E-state index is -0.658. The van der Waals surface area contributed by atoms with Crippen LogP contribution in [0.3, 0.4) is 0 Å². The Labute approximate surface area is 165 Å². The molecule has 0 saturated carbocycles. The number of amides is 1. The first-order valence-corrected chi connectivity index (χ1v) is 10.4. The van der Waals surface area contributed by atoms with Gasteiger partial charge >= 0.3 is 5.97 Å². The molecule has 2 aromatic rings. The number of nitrogens with one attached hydrogen (secondary N) is 1. The highest BCUT2D eigenvalue weighted by Gasteiger charge is 2.38. The molecular weight excluding hydrogens is 360 g/mol. The van der Waals surface area contributed by atoms with Crippen molar-refractivity contribution in [1.29, 1.82) is 0 Å². The number of hydrogen-bond acceptors (Lipinski definition) is 5. The Bertz CT molecular complexity index is 761. The molecule has 0 fully saturated rings. The largest absolute Gasteiger partial charge is 0.455 e. The van der Waals surface area contributed by atoms with Crippen LogP contribution in [0.15, 0.2) is 24.3 Å². The number of aromatic nitrogens is 1. The lowest BCUT2D eigenvalue weighted by atomic mass is 9.79. The summed E-state index contributed by atoms with van der Waals surface area (Å²) >= 11 is 1.61. The van der Waals surface area contributed by atoms with Crippen molar-refractivity contribution in [1.82, 2.24) is 10.3 Å². The first-order chi connectivity index (χ1) is 12.7. The number of hydrogen-bond donors (Lipinski definition) is 1. The van der Waals surface area contributed by atoms with E-state index in [-0.39, 0.29) is 24.0 Å². The Kier molecular flexibility index (Phi) is 6.98. The van der Waals surface area contributed by atoms with Crippen LogP contribution in [0.25, 0.3) is 10.2 Å². The molecular formula is C21H30N2O3S. The molecule has 5 nitrogen and oxygen atoms in total. The topological polar surface area (TPSA) is 68.3 Å². The third kappa shape index (κ3) is 5.28. The van der Waals surface area contributed by atoms with E-state index in [1.54, 1.807) is 11.3 Å². The highest BCUT2D eigenvalue weighted by atomic mass is 32.1. The second-order valence-corrected chi connectivity index (χ2v) is 8.72. The average Bonchev–Trinajstić information content (AvgIpc) is 3.06. The number of carbonyl (C=O) groups is 2. The second-order valence-electron chi connectivity index (χ2n) is 7.60. The number of carbonyl (C=O) groups excluding carboxylic acids is 2. The minimum absolute atomic E-state index is 0.246. The van der Waals surface area contributed by atoms with E-state index < -0.39 is 5.41 Å². The van der Waals surface area contributed by atoms with Crippen LogP contribution in [0.5, 0.6) is 0 Å². The summed E-state index contributed by atoms with van der Waals surface area (Å²) < 4.78 is 6.53. The van der Waals surface area contributed by atoms with Gasteiger partial charge in [0.25, 0.3) is 5.91 Å². The summed E-state index contributed by atoms with van der Waals surface area (Å²) in [7, 11) is 0. The van der Waals surface area contributed by atoms with E-state index in [0.29, 0.717) is 19.3 Å². The lowest BCUT2D eigenvalue weighted by Gasteiger charge is -2.29. The lowest BCUT2D eigenvalue weighted by molar-refractivity contribution is -0.160. The average molecular weight is 391 g/mol. The predicted molar refractivity (Wildman–Crippen MR) is 110 cm³/mol. The molecule has 0 aliphatic heterocycles. The van der Waals surface area contributed by atoms with E-state index in [1.807, 2.05) is 58.9 Å². The van der Waals surface area contributed by atoms with Crippen LogP contribution >= 0.6 is 11.3 Å². The SMILES string of the molecule is CCC(C)(C)NC(=O)COC(=O)C(CC)(CC)Cc1nc2ccccc2s1. The van der Waals surface area contributed by atoms with Crippen LogP contribution in [0.4, 0.5) is 0 Å². The molecule has 148 valence electrons. The van der Waals surface area contributed by atoms with Crippen LogP contribution in [-0.4, -0.2) is 29.0 Å². The fourth-order valence-corrected chi connectivity index (χ4v) is 4.04. The summed E-state index contributed by atoms with van der Waals surface area (Å²) in [4.78, 5) is 29.6. The van der Waals surface area contributed by atoms with Gasteiger partial charge < -0.3 is 10.1 Å². The maximum atomic E-state index is 12.9. The fourth-order valence-electron chi connectivity index (χ4n) is 2.93. The zero-order chi connectivity index (χ0) is 20.1. The molecule has 0 atom stereocenters. The van der Waals surface area contributed by atoms with E-state index >= 15 is 0 Å². The van der Waals surface area contributed by atoms with Gasteiger partial charge in [0.2, 0.25) is 0 Å². The first-order valence-electron chi connectivity index (χ1n) is 9.58. The summed E-state index contributed by atoms with van der Waals surface area (Å²) in [6.45, 7) is 9.62. The van der Waals surface area contributed by atoms with E-state index in [9.17, 15) is 9.59 Å². The fraction of sp³-hybridized carbons (Fsp3) is 0.571. The van der Waals surface area contributed by atoms with E-state index in [0.717, 1.165) is 21.6 Å². The molecule has 1 N–H and O–H groups in total. The minimum Gasteiger partial charge on any atom is -0.455 e. The predicted octanol–water partition coefficient (Wildman–Crippen LogP) is 4.49. The molecule has 1 amide bonds. The number of benzene rings is 1. The molecule has 0 spiro atoms. The van der Waals surface area contributed by atoms with Gasteiger partial charge in [0, 0.05) is 12.0 Å². The number of rotatable bonds is 9. The van der Waals surface area contributed by atoms with Crippen molar-refractivity contribution < 1.29 is 14.3 Å². The Morgan fingerprint density at radius 3 is 2.37 bits per heavy atom. The van der Waals surface area contributed by atoms with Gasteiger partial charge in [-0.05, 0) is 45.2 Å². The van der Waals surface area contributed by atoms with Gasteiger partial charge in [-0.25, -0.2) is 4.98 Å². The van der Waals surface area contributed by atoms with Crippen molar-refractivity contribution in [3.63, 3.8) is 0 Å². The molecule has 1 aromatic carbocycles. The number of ether oxygens (including phenoxy) is 1. The quantitative estimate of drug-likeness (QED) is 0.641. The number of esters is 1. The van der Waals surface area contributed by atoms with Gasteiger partial charge in [-0.3, -0.25) is 9.59 Å². The molecule has 1 heterocycles. The van der Waals surface area contributed by atoms with Crippen molar-refractivity contribution in [2.45, 2.75) is 65.8 Å². The molecule has 0 saturated heterocycles. The van der Waals surface area contributed by atoms with Crippen LogP contribution in [0.1, 0.15) is 58.9 Å². The summed E-state index contributed by atoms with van der Waals surface area (Å²) in [5.74, 6) is -0.590. The zero-order valence-electron chi connectivity index (χ0n) is 16.9. The van der Waals surface area contributed by atoms with Gasteiger partial charge in [0.15, 0.2) is 6.61 Å². The third-order valence-corrected chi connectivity index (χ3v) is 6.35. The van der Waals surface area contributed by atoms with Crippen molar-refractivity contribution in [3.05, 3.63) is 29.3 Å². The van der Waals surface area contributed by atoms with Gasteiger partial charge in [-0.2, -0.15) is 0 Å². The van der Waals surface area contributed by atoms with E-state index in [2.05, 4.69) is 10.3 Å². The van der Waals surface area contributed by atoms with Crippen LogP contribution in [-0.2, 0) is 20.7 Å². The first kappa shape index (κ1) is 21.4. The monoisotopic (exact) mass is 390 g/mol. The second kappa shape index (κ2) is 8.83. The Morgan fingerprint density at radius 1 is 1.11 bits per heavy atom. The Balaban J connectivity index is 2.07. The maximum Gasteiger partial charge on any atom is 0.312 e. The summed E-state index contributed by atoms with van der Waals surface area (Å²) in [5, 5.41) is 3.81. The maximum absolute atomic E-state index is 12.9. The normalized spacial score (nSPS) is 12.2. The number of para-hydroxylation sites is 1. The van der Waals surface area contributed by atoms with E-state index in [4.69, 9.17) is 4.74 Å². The third-order valence-electron chi connectivity index (χ3n) is 5.31.